The summed E-state index contributed by atoms with van der Waals surface area (Å²) in [5, 5.41) is 1.25. The van der Waals surface area contributed by atoms with Crippen LogP contribution in [0, 0.1) is 6.92 Å². The van der Waals surface area contributed by atoms with Crippen molar-refractivity contribution in [3.63, 3.8) is 0 Å². The number of hydrogen-bond donors (Lipinski definition) is 1. The molecule has 98 valence electrons. The molecule has 4 nitrogen and oxygen atoms in total. The molecule has 6 heteroatoms. The van der Waals surface area contributed by atoms with Crippen molar-refractivity contribution < 1.29 is 14.0 Å². The minimum Gasteiger partial charge on any atom is -0.321 e. The van der Waals surface area contributed by atoms with E-state index in [9.17, 15) is 9.46 Å². The minimum atomic E-state index is -3.75. The summed E-state index contributed by atoms with van der Waals surface area (Å²) in [5.74, 6) is 0. The third-order valence-electron chi connectivity index (χ3n) is 2.70. The van der Waals surface area contributed by atoms with Crippen LogP contribution in [-0.4, -0.2) is 16.0 Å². The maximum atomic E-state index is 12.1. The highest BCUT2D eigenvalue weighted by Crippen LogP contribution is 2.43. The predicted molar refractivity (Wildman–Crippen MR) is 74.7 cm³/mol. The Kier molecular flexibility index (Phi) is 3.87. The van der Waals surface area contributed by atoms with Gasteiger partial charge >= 0.3 is 7.60 Å². The van der Waals surface area contributed by atoms with Crippen molar-refractivity contribution in [3.05, 3.63) is 23.2 Å². The zero-order valence-electron chi connectivity index (χ0n) is 10.6. The molecule has 0 fully saturated rings. The van der Waals surface area contributed by atoms with Gasteiger partial charge in [-0.2, -0.15) is 0 Å². The van der Waals surface area contributed by atoms with Gasteiger partial charge in [-0.25, -0.2) is 4.98 Å². The number of aryl methyl sites for hydroxylation is 1. The van der Waals surface area contributed by atoms with Crippen LogP contribution in [0.15, 0.2) is 18.2 Å². The van der Waals surface area contributed by atoms with Crippen LogP contribution in [0.1, 0.15) is 25.3 Å². The fraction of sp³-hybridized carbons (Fsp3) is 0.417. The van der Waals surface area contributed by atoms with E-state index < -0.39 is 7.60 Å². The van der Waals surface area contributed by atoms with Gasteiger partial charge in [-0.05, 0) is 38.5 Å². The van der Waals surface area contributed by atoms with Crippen LogP contribution in [0.25, 0.3) is 10.2 Å². The molecular weight excluding hydrogens is 269 g/mol. The summed E-state index contributed by atoms with van der Waals surface area (Å²) in [6, 6.07) is 5.10. The standard InChI is InChI=1S/C12H16NO3PS/c1-4-8(2)16-17(14,15)10-5-6-12-11(7-10)13-9(3)18-12/h5-8H,4H2,1-3H3,(H,14,15). The van der Waals surface area contributed by atoms with Gasteiger partial charge < -0.3 is 9.42 Å². The first kappa shape index (κ1) is 13.7. The summed E-state index contributed by atoms with van der Waals surface area (Å²) < 4.78 is 18.4. The van der Waals surface area contributed by atoms with E-state index in [4.69, 9.17) is 4.52 Å². The second kappa shape index (κ2) is 5.10. The van der Waals surface area contributed by atoms with E-state index in [1.165, 1.54) is 0 Å². The Morgan fingerprint density at radius 1 is 1.56 bits per heavy atom. The van der Waals surface area contributed by atoms with Crippen molar-refractivity contribution >= 4 is 34.5 Å². The van der Waals surface area contributed by atoms with Crippen molar-refractivity contribution in [2.75, 3.05) is 0 Å². The molecule has 0 saturated carbocycles. The molecule has 0 aliphatic carbocycles. The van der Waals surface area contributed by atoms with E-state index in [0.29, 0.717) is 11.7 Å². The van der Waals surface area contributed by atoms with Gasteiger partial charge in [-0.1, -0.05) is 6.92 Å². The lowest BCUT2D eigenvalue weighted by atomic mass is 10.3. The molecule has 0 bridgehead atoms. The van der Waals surface area contributed by atoms with Crippen LogP contribution in [-0.2, 0) is 9.09 Å². The highest BCUT2D eigenvalue weighted by Gasteiger charge is 2.25. The molecular formula is C12H16NO3PS. The molecule has 0 aliphatic rings. The van der Waals surface area contributed by atoms with Gasteiger partial charge in [0.1, 0.15) is 0 Å². The SMILES string of the molecule is CCC(C)OP(=O)(O)c1ccc2sc(C)nc2c1. The Morgan fingerprint density at radius 2 is 2.28 bits per heavy atom. The Bertz CT molecular complexity index is 610. The average molecular weight is 285 g/mol. The van der Waals surface area contributed by atoms with E-state index in [1.54, 1.807) is 30.4 Å². The molecule has 2 atom stereocenters. The maximum Gasteiger partial charge on any atom is 0.359 e. The number of rotatable bonds is 4. The van der Waals surface area contributed by atoms with Crippen molar-refractivity contribution in [1.29, 1.82) is 0 Å². The van der Waals surface area contributed by atoms with Crippen LogP contribution < -0.4 is 5.30 Å². The normalized spacial score (nSPS) is 16.7. The number of nitrogens with zero attached hydrogens (tertiary/aromatic N) is 1. The van der Waals surface area contributed by atoms with Gasteiger partial charge in [0.05, 0.1) is 26.6 Å². The summed E-state index contributed by atoms with van der Waals surface area (Å²) in [5.41, 5.74) is 0.747. The Balaban J connectivity index is 2.37. The predicted octanol–water partition coefficient (Wildman–Crippen LogP) is 3.23. The fourth-order valence-corrected chi connectivity index (χ4v) is 3.70. The lowest BCUT2D eigenvalue weighted by molar-refractivity contribution is 0.192. The largest absolute Gasteiger partial charge is 0.359 e. The molecule has 1 aromatic carbocycles. The van der Waals surface area contributed by atoms with E-state index >= 15 is 0 Å². The van der Waals surface area contributed by atoms with Crippen LogP contribution in [0.4, 0.5) is 0 Å². The molecule has 1 heterocycles. The van der Waals surface area contributed by atoms with Crippen LogP contribution in [0.3, 0.4) is 0 Å². The third kappa shape index (κ3) is 2.81. The molecule has 18 heavy (non-hydrogen) atoms. The molecule has 2 unspecified atom stereocenters. The topological polar surface area (TPSA) is 59.4 Å². The quantitative estimate of drug-likeness (QED) is 0.876. The van der Waals surface area contributed by atoms with E-state index in [1.807, 2.05) is 19.9 Å². The zero-order chi connectivity index (χ0) is 13.3. The maximum absolute atomic E-state index is 12.1. The second-order valence-corrected chi connectivity index (χ2v) is 7.23. The first-order valence-corrected chi connectivity index (χ1v) is 8.20. The van der Waals surface area contributed by atoms with Crippen molar-refractivity contribution in [2.45, 2.75) is 33.3 Å². The van der Waals surface area contributed by atoms with E-state index in [-0.39, 0.29) is 6.10 Å². The lowest BCUT2D eigenvalue weighted by Crippen LogP contribution is -2.12. The summed E-state index contributed by atoms with van der Waals surface area (Å²) in [4.78, 5) is 14.3. The number of benzene rings is 1. The summed E-state index contributed by atoms with van der Waals surface area (Å²) >= 11 is 1.57. The van der Waals surface area contributed by atoms with Gasteiger partial charge in [0.25, 0.3) is 0 Å². The van der Waals surface area contributed by atoms with Gasteiger partial charge in [-0.3, -0.25) is 4.57 Å². The molecule has 0 aliphatic heterocycles. The second-order valence-electron chi connectivity index (χ2n) is 4.23. The molecule has 0 spiro atoms. The van der Waals surface area contributed by atoms with Gasteiger partial charge in [0, 0.05) is 0 Å². The smallest absolute Gasteiger partial charge is 0.321 e. The van der Waals surface area contributed by atoms with E-state index in [2.05, 4.69) is 4.98 Å². The molecule has 0 radical (unpaired) electrons. The highest BCUT2D eigenvalue weighted by molar-refractivity contribution is 7.61. The van der Waals surface area contributed by atoms with Gasteiger partial charge in [-0.15, -0.1) is 11.3 Å². The van der Waals surface area contributed by atoms with Crippen molar-refractivity contribution in [3.8, 4) is 0 Å². The summed E-state index contributed by atoms with van der Waals surface area (Å²) in [7, 11) is -3.75. The number of thiazole rings is 1. The molecule has 0 saturated heterocycles. The first-order chi connectivity index (χ1) is 8.42. The van der Waals surface area contributed by atoms with Crippen molar-refractivity contribution in [1.82, 2.24) is 4.98 Å². The lowest BCUT2D eigenvalue weighted by Gasteiger charge is -2.16. The van der Waals surface area contributed by atoms with Gasteiger partial charge in [0.2, 0.25) is 0 Å². The van der Waals surface area contributed by atoms with Crippen molar-refractivity contribution in [2.24, 2.45) is 0 Å². The number of hydrogen-bond acceptors (Lipinski definition) is 4. The Labute approximate surface area is 110 Å². The molecule has 2 aromatic rings. The average Bonchev–Trinajstić information content (AvgIpc) is 2.67. The zero-order valence-corrected chi connectivity index (χ0v) is 12.3. The fourth-order valence-electron chi connectivity index (χ4n) is 1.59. The Morgan fingerprint density at radius 3 is 2.94 bits per heavy atom. The van der Waals surface area contributed by atoms with Crippen LogP contribution in [0.5, 0.6) is 0 Å². The van der Waals surface area contributed by atoms with Gasteiger partial charge in [0.15, 0.2) is 0 Å². The summed E-state index contributed by atoms with van der Waals surface area (Å²) in [6.07, 6.45) is 0.455. The number of fused-ring (bicyclic) bond motifs is 1. The molecule has 1 aromatic heterocycles. The highest BCUT2D eigenvalue weighted by atomic mass is 32.1. The molecule has 1 N–H and O–H groups in total. The van der Waals surface area contributed by atoms with E-state index in [0.717, 1.165) is 15.2 Å². The Hall–Kier alpha value is -0.740. The number of aromatic nitrogens is 1. The minimum absolute atomic E-state index is 0.242. The van der Waals surface area contributed by atoms with Crippen LogP contribution >= 0.6 is 18.9 Å². The molecule has 2 rings (SSSR count). The van der Waals surface area contributed by atoms with Crippen LogP contribution in [0.2, 0.25) is 0 Å². The monoisotopic (exact) mass is 285 g/mol. The third-order valence-corrected chi connectivity index (χ3v) is 5.23. The molecule has 0 amide bonds. The first-order valence-electron chi connectivity index (χ1n) is 5.81. The summed E-state index contributed by atoms with van der Waals surface area (Å²) in [6.45, 7) is 5.62.